The molecular formula is C20H19BrCl3NO3. The maximum absolute atomic E-state index is 12.1. The van der Waals surface area contributed by atoms with Crippen molar-refractivity contribution in [1.29, 1.82) is 0 Å². The third kappa shape index (κ3) is 6.66. The van der Waals surface area contributed by atoms with Crippen molar-refractivity contribution in [1.82, 2.24) is 5.32 Å². The molecule has 0 fully saturated rings. The van der Waals surface area contributed by atoms with Gasteiger partial charge in [0.25, 0.3) is 5.91 Å². The summed E-state index contributed by atoms with van der Waals surface area (Å²) >= 11 is 21.5. The number of ether oxygens (including phenoxy) is 1. The van der Waals surface area contributed by atoms with E-state index in [9.17, 15) is 9.59 Å². The Morgan fingerprint density at radius 1 is 1.11 bits per heavy atom. The normalized spacial score (nSPS) is 11.8. The molecule has 0 aliphatic carbocycles. The van der Waals surface area contributed by atoms with Crippen molar-refractivity contribution in [2.24, 2.45) is 0 Å². The summed E-state index contributed by atoms with van der Waals surface area (Å²) in [6.45, 7) is 2.04. The first-order chi connectivity index (χ1) is 13.3. The van der Waals surface area contributed by atoms with Gasteiger partial charge in [0, 0.05) is 27.0 Å². The highest BCUT2D eigenvalue weighted by atomic mass is 79.9. The van der Waals surface area contributed by atoms with E-state index in [1.54, 1.807) is 30.3 Å². The van der Waals surface area contributed by atoms with E-state index in [4.69, 9.17) is 39.5 Å². The molecule has 0 bridgehead atoms. The predicted octanol–water partition coefficient (Wildman–Crippen LogP) is 6.27. The van der Waals surface area contributed by atoms with Crippen LogP contribution in [0.1, 0.15) is 41.6 Å². The molecule has 1 amide bonds. The summed E-state index contributed by atoms with van der Waals surface area (Å²) in [5.74, 6) is -1.02. The molecule has 2 rings (SSSR count). The lowest BCUT2D eigenvalue weighted by atomic mass is 9.94. The lowest BCUT2D eigenvalue weighted by Gasteiger charge is -2.19. The van der Waals surface area contributed by atoms with Crippen molar-refractivity contribution in [3.8, 4) is 0 Å². The van der Waals surface area contributed by atoms with Gasteiger partial charge in [0.05, 0.1) is 10.6 Å². The Morgan fingerprint density at radius 2 is 1.86 bits per heavy atom. The fraction of sp³-hybridized carbons (Fsp3) is 0.300. The molecule has 0 aromatic heterocycles. The topological polar surface area (TPSA) is 55.4 Å². The fourth-order valence-electron chi connectivity index (χ4n) is 2.70. The molecule has 150 valence electrons. The summed E-state index contributed by atoms with van der Waals surface area (Å²) < 4.78 is 5.75. The van der Waals surface area contributed by atoms with Crippen molar-refractivity contribution in [3.63, 3.8) is 0 Å². The van der Waals surface area contributed by atoms with Gasteiger partial charge in [-0.05, 0) is 42.3 Å². The minimum Gasteiger partial charge on any atom is -0.452 e. The largest absolute Gasteiger partial charge is 0.452 e. The SMILES string of the molecule is CCCC(CNC(=O)COC(=O)c1cc(Br)ccc1Cl)c1ccc(Cl)cc1Cl. The molecular weight excluding hydrogens is 488 g/mol. The maximum atomic E-state index is 12.1. The summed E-state index contributed by atoms with van der Waals surface area (Å²) in [4.78, 5) is 24.2. The second-order valence-corrected chi connectivity index (χ2v) is 8.32. The first kappa shape index (κ1) is 23.0. The van der Waals surface area contributed by atoms with Gasteiger partial charge in [0.15, 0.2) is 6.61 Å². The standard InChI is InChI=1S/C20H19BrCl3NO3/c1-2-3-12(15-6-5-14(22)9-18(15)24)10-25-19(26)11-28-20(27)16-8-13(21)4-7-17(16)23/h4-9,12H,2-3,10-11H2,1H3,(H,25,26). The number of esters is 1. The average molecular weight is 508 g/mol. The highest BCUT2D eigenvalue weighted by Crippen LogP contribution is 2.30. The molecule has 2 aromatic carbocycles. The smallest absolute Gasteiger partial charge is 0.340 e. The van der Waals surface area contributed by atoms with Crippen LogP contribution < -0.4 is 5.32 Å². The molecule has 0 radical (unpaired) electrons. The van der Waals surface area contributed by atoms with Crippen molar-refractivity contribution >= 4 is 62.6 Å². The van der Waals surface area contributed by atoms with Crippen molar-refractivity contribution in [2.75, 3.05) is 13.2 Å². The minimum absolute atomic E-state index is 0.0361. The van der Waals surface area contributed by atoms with Crippen LogP contribution in [0.5, 0.6) is 0 Å². The van der Waals surface area contributed by atoms with Gasteiger partial charge in [-0.1, -0.05) is 70.1 Å². The highest BCUT2D eigenvalue weighted by Gasteiger charge is 2.17. The second kappa shape index (κ2) is 11.1. The Balaban J connectivity index is 1.92. The van der Waals surface area contributed by atoms with E-state index in [2.05, 4.69) is 28.2 Å². The number of hydrogen-bond donors (Lipinski definition) is 1. The van der Waals surface area contributed by atoms with E-state index < -0.39 is 18.5 Å². The lowest BCUT2D eigenvalue weighted by molar-refractivity contribution is -0.124. The van der Waals surface area contributed by atoms with E-state index in [0.29, 0.717) is 21.1 Å². The van der Waals surface area contributed by atoms with Crippen LogP contribution in [0, 0.1) is 0 Å². The zero-order chi connectivity index (χ0) is 20.7. The quantitative estimate of drug-likeness (QED) is 0.429. The first-order valence-electron chi connectivity index (χ1n) is 8.65. The zero-order valence-corrected chi connectivity index (χ0v) is 19.0. The van der Waals surface area contributed by atoms with E-state index in [-0.39, 0.29) is 16.5 Å². The molecule has 0 heterocycles. The van der Waals surface area contributed by atoms with Gasteiger partial charge in [0.2, 0.25) is 0 Å². The van der Waals surface area contributed by atoms with Crippen LogP contribution >= 0.6 is 50.7 Å². The second-order valence-electron chi connectivity index (χ2n) is 6.16. The molecule has 0 spiro atoms. The zero-order valence-electron chi connectivity index (χ0n) is 15.1. The molecule has 0 aliphatic heterocycles. The van der Waals surface area contributed by atoms with Crippen LogP contribution in [0.4, 0.5) is 0 Å². The van der Waals surface area contributed by atoms with Gasteiger partial charge in [0.1, 0.15) is 0 Å². The third-order valence-corrected chi connectivity index (χ3v) is 5.45. The van der Waals surface area contributed by atoms with Gasteiger partial charge in [-0.3, -0.25) is 4.79 Å². The fourth-order valence-corrected chi connectivity index (χ4v) is 3.82. The van der Waals surface area contributed by atoms with Gasteiger partial charge in [-0.25, -0.2) is 4.79 Å². The average Bonchev–Trinajstić information content (AvgIpc) is 2.65. The molecule has 4 nitrogen and oxygen atoms in total. The molecule has 1 unspecified atom stereocenters. The minimum atomic E-state index is -0.660. The van der Waals surface area contributed by atoms with Crippen LogP contribution in [0.25, 0.3) is 0 Å². The van der Waals surface area contributed by atoms with E-state index in [0.717, 1.165) is 18.4 Å². The molecule has 0 aliphatic rings. The van der Waals surface area contributed by atoms with E-state index in [1.165, 1.54) is 0 Å². The molecule has 0 saturated carbocycles. The summed E-state index contributed by atoms with van der Waals surface area (Å²) in [6, 6.07) is 10.2. The maximum Gasteiger partial charge on any atom is 0.340 e. The first-order valence-corrected chi connectivity index (χ1v) is 10.6. The Morgan fingerprint density at radius 3 is 2.54 bits per heavy atom. The summed E-state index contributed by atoms with van der Waals surface area (Å²) in [6.07, 6.45) is 1.77. The van der Waals surface area contributed by atoms with E-state index in [1.807, 2.05) is 6.07 Å². The highest BCUT2D eigenvalue weighted by molar-refractivity contribution is 9.10. The third-order valence-electron chi connectivity index (χ3n) is 4.07. The van der Waals surface area contributed by atoms with E-state index >= 15 is 0 Å². The van der Waals surface area contributed by atoms with Crippen LogP contribution in [-0.2, 0) is 9.53 Å². The van der Waals surface area contributed by atoms with Crippen molar-refractivity contribution < 1.29 is 14.3 Å². The van der Waals surface area contributed by atoms with Crippen molar-refractivity contribution in [2.45, 2.75) is 25.7 Å². The van der Waals surface area contributed by atoms with Gasteiger partial charge in [-0.15, -0.1) is 0 Å². The predicted molar refractivity (Wildman–Crippen MR) is 117 cm³/mol. The van der Waals surface area contributed by atoms with Crippen molar-refractivity contribution in [3.05, 3.63) is 67.1 Å². The number of nitrogens with one attached hydrogen (secondary N) is 1. The number of benzene rings is 2. The Kier molecular flexibility index (Phi) is 9.09. The number of hydrogen-bond acceptors (Lipinski definition) is 3. The number of carbonyl (C=O) groups excluding carboxylic acids is 2. The molecule has 8 heteroatoms. The summed E-state index contributed by atoms with van der Waals surface area (Å²) in [7, 11) is 0. The molecule has 1 N–H and O–H groups in total. The molecule has 28 heavy (non-hydrogen) atoms. The number of amides is 1. The molecule has 1 atom stereocenters. The van der Waals surface area contributed by atoms with Crippen LogP contribution in [0.3, 0.4) is 0 Å². The number of rotatable bonds is 8. The Labute approximate surface area is 187 Å². The molecule has 2 aromatic rings. The van der Waals surface area contributed by atoms with Gasteiger partial charge >= 0.3 is 5.97 Å². The van der Waals surface area contributed by atoms with Gasteiger partial charge in [-0.2, -0.15) is 0 Å². The Bertz CT molecular complexity index is 861. The van der Waals surface area contributed by atoms with Crippen LogP contribution in [0.15, 0.2) is 40.9 Å². The lowest BCUT2D eigenvalue weighted by Crippen LogP contribution is -2.32. The number of carbonyl (C=O) groups is 2. The van der Waals surface area contributed by atoms with Gasteiger partial charge < -0.3 is 10.1 Å². The summed E-state index contributed by atoms with van der Waals surface area (Å²) in [5.41, 5.74) is 1.12. The molecule has 0 saturated heterocycles. The number of halogens is 4. The van der Waals surface area contributed by atoms with Crippen LogP contribution in [-0.4, -0.2) is 25.0 Å². The Hall–Kier alpha value is -1.27. The summed E-state index contributed by atoms with van der Waals surface area (Å²) in [5, 5.41) is 4.18. The van der Waals surface area contributed by atoms with Crippen LogP contribution in [0.2, 0.25) is 15.1 Å². The monoisotopic (exact) mass is 505 g/mol.